The van der Waals surface area contributed by atoms with E-state index in [0.29, 0.717) is 5.56 Å². The molecule has 0 radical (unpaired) electrons. The highest BCUT2D eigenvalue weighted by Crippen LogP contribution is 2.26. The van der Waals surface area contributed by atoms with Gasteiger partial charge < -0.3 is 30.1 Å². The van der Waals surface area contributed by atoms with Crippen LogP contribution in [0.15, 0.2) is 24.3 Å². The monoisotopic (exact) mass is 479 g/mol. The summed E-state index contributed by atoms with van der Waals surface area (Å²) in [5.74, 6) is -2.20. The summed E-state index contributed by atoms with van der Waals surface area (Å²) in [7, 11) is 1.20. The van der Waals surface area contributed by atoms with Gasteiger partial charge in [0.2, 0.25) is 11.8 Å². The zero-order valence-electron chi connectivity index (χ0n) is 21.0. The normalized spacial score (nSPS) is 13.0. The van der Waals surface area contributed by atoms with Gasteiger partial charge in [0, 0.05) is 6.54 Å². The number of alkyl carbamates (subject to hydrolysis) is 1. The zero-order chi connectivity index (χ0) is 26.1. The van der Waals surface area contributed by atoms with Crippen molar-refractivity contribution in [1.29, 1.82) is 0 Å². The fourth-order valence-electron chi connectivity index (χ4n) is 3.27. The number of aliphatic hydroxyl groups is 1. The molecule has 0 aromatic heterocycles. The van der Waals surface area contributed by atoms with Crippen LogP contribution in [0, 0.1) is 12.8 Å². The summed E-state index contributed by atoms with van der Waals surface area (Å²) in [6, 6.07) is 4.82. The standard InChI is InChI=1S/C24H37N3O7/c1-15(2)19(26-23(32)34-24(4,5)6)22(31)27(12-13-28)20(17-11-9-8-10-16(17)3)21(30)25-14-18(29)33-7/h8-11,15,19-20,28H,12-14H2,1-7H3,(H,25,30)(H,26,32). The number of methoxy groups -OCH3 is 1. The number of carbonyl (C=O) groups is 4. The van der Waals surface area contributed by atoms with Gasteiger partial charge in [0.25, 0.3) is 0 Å². The molecule has 1 aromatic rings. The minimum atomic E-state index is -1.16. The van der Waals surface area contributed by atoms with Crippen molar-refractivity contribution < 1.29 is 33.8 Å². The van der Waals surface area contributed by atoms with Gasteiger partial charge in [-0.3, -0.25) is 14.4 Å². The maximum Gasteiger partial charge on any atom is 0.408 e. The van der Waals surface area contributed by atoms with E-state index in [9.17, 15) is 24.3 Å². The molecule has 0 spiro atoms. The molecule has 34 heavy (non-hydrogen) atoms. The zero-order valence-corrected chi connectivity index (χ0v) is 21.0. The number of benzene rings is 1. The van der Waals surface area contributed by atoms with Crippen molar-refractivity contribution >= 4 is 23.9 Å². The first-order chi connectivity index (χ1) is 15.8. The second kappa shape index (κ2) is 12.9. The first kappa shape index (κ1) is 28.9. The molecule has 2 atom stereocenters. The van der Waals surface area contributed by atoms with Crippen LogP contribution in [0.4, 0.5) is 4.79 Å². The molecule has 190 valence electrons. The number of aryl methyl sites for hydroxylation is 1. The fraction of sp³-hybridized carbons (Fsp3) is 0.583. The van der Waals surface area contributed by atoms with Crippen LogP contribution < -0.4 is 10.6 Å². The lowest BCUT2D eigenvalue weighted by atomic mass is 9.96. The molecular weight excluding hydrogens is 442 g/mol. The summed E-state index contributed by atoms with van der Waals surface area (Å²) in [6.45, 7) is 9.41. The SMILES string of the molecule is COC(=O)CNC(=O)C(c1ccccc1C)N(CCO)C(=O)C(NC(=O)OC(C)(C)C)C(C)C. The largest absolute Gasteiger partial charge is 0.468 e. The number of nitrogens with one attached hydrogen (secondary N) is 2. The first-order valence-corrected chi connectivity index (χ1v) is 11.1. The summed E-state index contributed by atoms with van der Waals surface area (Å²) in [4.78, 5) is 52.1. The minimum Gasteiger partial charge on any atom is -0.468 e. The summed E-state index contributed by atoms with van der Waals surface area (Å²) in [5, 5.41) is 14.8. The number of hydrogen-bond acceptors (Lipinski definition) is 7. The lowest BCUT2D eigenvalue weighted by Crippen LogP contribution is -2.55. The van der Waals surface area contributed by atoms with E-state index >= 15 is 0 Å². The highest BCUT2D eigenvalue weighted by molar-refractivity contribution is 5.93. The Morgan fingerprint density at radius 2 is 1.74 bits per heavy atom. The Labute approximate surface area is 201 Å². The van der Waals surface area contributed by atoms with Gasteiger partial charge in [-0.2, -0.15) is 0 Å². The van der Waals surface area contributed by atoms with Gasteiger partial charge in [-0.1, -0.05) is 38.1 Å². The highest BCUT2D eigenvalue weighted by Gasteiger charge is 2.37. The molecule has 10 nitrogen and oxygen atoms in total. The predicted octanol–water partition coefficient (Wildman–Crippen LogP) is 1.70. The van der Waals surface area contributed by atoms with Crippen molar-refractivity contribution in [2.75, 3.05) is 26.8 Å². The third-order valence-electron chi connectivity index (χ3n) is 4.91. The summed E-state index contributed by atoms with van der Waals surface area (Å²) >= 11 is 0. The maximum atomic E-state index is 13.7. The second-order valence-electron chi connectivity index (χ2n) is 9.18. The summed E-state index contributed by atoms with van der Waals surface area (Å²) < 4.78 is 9.88. The number of hydrogen-bond donors (Lipinski definition) is 3. The second-order valence-corrected chi connectivity index (χ2v) is 9.18. The predicted molar refractivity (Wildman–Crippen MR) is 126 cm³/mol. The molecule has 0 aliphatic heterocycles. The topological polar surface area (TPSA) is 134 Å². The minimum absolute atomic E-state index is 0.178. The molecule has 0 fully saturated rings. The van der Waals surface area contributed by atoms with Crippen LogP contribution in [0.25, 0.3) is 0 Å². The van der Waals surface area contributed by atoms with Crippen LogP contribution in [0.5, 0.6) is 0 Å². The number of amides is 3. The molecule has 0 bridgehead atoms. The van der Waals surface area contributed by atoms with E-state index < -0.39 is 48.2 Å². The van der Waals surface area contributed by atoms with Crippen molar-refractivity contribution in [3.63, 3.8) is 0 Å². The number of carbonyl (C=O) groups excluding carboxylic acids is 4. The van der Waals surface area contributed by atoms with Crippen molar-refractivity contribution in [3.8, 4) is 0 Å². The van der Waals surface area contributed by atoms with Gasteiger partial charge in [-0.25, -0.2) is 4.79 Å². The van der Waals surface area contributed by atoms with Crippen LogP contribution in [0.3, 0.4) is 0 Å². The van der Waals surface area contributed by atoms with E-state index in [2.05, 4.69) is 15.4 Å². The number of aliphatic hydroxyl groups excluding tert-OH is 1. The molecule has 1 aromatic carbocycles. The van der Waals surface area contributed by atoms with Gasteiger partial charge in [-0.05, 0) is 44.7 Å². The average Bonchev–Trinajstić information content (AvgIpc) is 2.74. The van der Waals surface area contributed by atoms with Gasteiger partial charge in [0.1, 0.15) is 24.2 Å². The van der Waals surface area contributed by atoms with Crippen LogP contribution in [-0.2, 0) is 23.9 Å². The van der Waals surface area contributed by atoms with Crippen LogP contribution in [-0.4, -0.2) is 72.3 Å². The molecule has 3 amide bonds. The van der Waals surface area contributed by atoms with Gasteiger partial charge >= 0.3 is 12.1 Å². The number of nitrogens with zero attached hydrogens (tertiary/aromatic N) is 1. The number of ether oxygens (including phenoxy) is 2. The van der Waals surface area contributed by atoms with E-state index in [-0.39, 0.29) is 19.0 Å². The lowest BCUT2D eigenvalue weighted by molar-refractivity contribution is -0.145. The van der Waals surface area contributed by atoms with E-state index in [1.165, 1.54) is 12.0 Å². The Kier molecular flexibility index (Phi) is 11.0. The highest BCUT2D eigenvalue weighted by atomic mass is 16.6. The van der Waals surface area contributed by atoms with E-state index in [1.54, 1.807) is 65.8 Å². The quantitative estimate of drug-likeness (QED) is 0.435. The Bertz CT molecular complexity index is 864. The van der Waals surface area contributed by atoms with Crippen molar-refractivity contribution in [3.05, 3.63) is 35.4 Å². The van der Waals surface area contributed by atoms with Gasteiger partial charge in [0.05, 0.1) is 13.7 Å². The molecule has 0 aliphatic carbocycles. The van der Waals surface area contributed by atoms with Crippen LogP contribution in [0.2, 0.25) is 0 Å². The summed E-state index contributed by atoms with van der Waals surface area (Å²) in [5.41, 5.74) is 0.487. The van der Waals surface area contributed by atoms with E-state index in [4.69, 9.17) is 4.74 Å². The molecule has 2 unspecified atom stereocenters. The third-order valence-corrected chi connectivity index (χ3v) is 4.91. The summed E-state index contributed by atoms with van der Waals surface area (Å²) in [6.07, 6.45) is -0.772. The molecule has 0 saturated heterocycles. The smallest absolute Gasteiger partial charge is 0.408 e. The maximum absolute atomic E-state index is 13.7. The lowest BCUT2D eigenvalue weighted by Gasteiger charge is -2.35. The van der Waals surface area contributed by atoms with Gasteiger partial charge in [-0.15, -0.1) is 0 Å². The van der Waals surface area contributed by atoms with E-state index in [0.717, 1.165) is 5.56 Å². The molecule has 3 N–H and O–H groups in total. The Morgan fingerprint density at radius 3 is 2.24 bits per heavy atom. The number of rotatable bonds is 10. The molecule has 10 heteroatoms. The molecule has 0 aliphatic rings. The van der Waals surface area contributed by atoms with Crippen LogP contribution in [0.1, 0.15) is 51.8 Å². The van der Waals surface area contributed by atoms with Crippen molar-refractivity contribution in [1.82, 2.24) is 15.5 Å². The fourth-order valence-corrected chi connectivity index (χ4v) is 3.27. The Hall–Kier alpha value is -3.14. The molecule has 0 heterocycles. The molecule has 0 saturated carbocycles. The van der Waals surface area contributed by atoms with Crippen molar-refractivity contribution in [2.24, 2.45) is 5.92 Å². The Balaban J connectivity index is 3.40. The number of esters is 1. The van der Waals surface area contributed by atoms with E-state index in [1.807, 2.05) is 0 Å². The van der Waals surface area contributed by atoms with Gasteiger partial charge in [0.15, 0.2) is 0 Å². The molecular formula is C24H37N3O7. The van der Waals surface area contributed by atoms with Crippen molar-refractivity contribution in [2.45, 2.75) is 59.2 Å². The first-order valence-electron chi connectivity index (χ1n) is 11.1. The average molecular weight is 480 g/mol. The van der Waals surface area contributed by atoms with Crippen LogP contribution >= 0.6 is 0 Å². The Morgan fingerprint density at radius 1 is 1.12 bits per heavy atom. The third kappa shape index (κ3) is 8.66. The molecule has 1 rings (SSSR count).